The van der Waals surface area contributed by atoms with E-state index in [1.54, 1.807) is 6.07 Å². The van der Waals surface area contributed by atoms with Gasteiger partial charge in [-0.15, -0.1) is 0 Å². The Hall–Kier alpha value is -1.58. The van der Waals surface area contributed by atoms with Crippen LogP contribution in [-0.2, 0) is 0 Å². The molecular formula is C12H6F5IN2. The molecule has 0 radical (unpaired) electrons. The van der Waals surface area contributed by atoms with Crippen molar-refractivity contribution in [1.82, 2.24) is 0 Å². The number of rotatable bonds is 2. The number of hydrogen-bond donors (Lipinski definition) is 2. The molecular weight excluding hydrogens is 394 g/mol. The highest BCUT2D eigenvalue weighted by Crippen LogP contribution is 2.31. The maximum atomic E-state index is 13.5. The predicted molar refractivity (Wildman–Crippen MR) is 73.1 cm³/mol. The molecule has 0 unspecified atom stereocenters. The third-order valence-corrected chi connectivity index (χ3v) is 3.15. The van der Waals surface area contributed by atoms with E-state index in [-0.39, 0.29) is 11.4 Å². The molecule has 0 bridgehead atoms. The molecule has 8 heteroatoms. The van der Waals surface area contributed by atoms with Crippen molar-refractivity contribution in [1.29, 1.82) is 0 Å². The molecule has 2 aromatic rings. The monoisotopic (exact) mass is 400 g/mol. The van der Waals surface area contributed by atoms with E-state index in [0.717, 1.165) is 3.57 Å². The summed E-state index contributed by atoms with van der Waals surface area (Å²) >= 11 is 1.96. The predicted octanol–water partition coefficient (Wildman–Crippen LogP) is 4.31. The summed E-state index contributed by atoms with van der Waals surface area (Å²) in [6.45, 7) is 0. The van der Waals surface area contributed by atoms with E-state index in [0.29, 0.717) is 0 Å². The number of halogens is 6. The first-order valence-corrected chi connectivity index (χ1v) is 6.24. The Labute approximate surface area is 123 Å². The topological polar surface area (TPSA) is 38.0 Å². The van der Waals surface area contributed by atoms with Crippen LogP contribution in [0.5, 0.6) is 0 Å². The average molecular weight is 400 g/mol. The third-order valence-electron chi connectivity index (χ3n) is 2.48. The second-order valence-electron chi connectivity index (χ2n) is 3.80. The molecule has 0 saturated heterocycles. The zero-order valence-electron chi connectivity index (χ0n) is 9.58. The van der Waals surface area contributed by atoms with Crippen LogP contribution >= 0.6 is 22.6 Å². The van der Waals surface area contributed by atoms with Crippen molar-refractivity contribution in [2.45, 2.75) is 0 Å². The number of nitrogens with two attached hydrogens (primary N) is 1. The second kappa shape index (κ2) is 5.43. The fraction of sp³-hybridized carbons (Fsp3) is 0. The first kappa shape index (κ1) is 14.8. The van der Waals surface area contributed by atoms with Crippen LogP contribution in [0.2, 0.25) is 0 Å². The summed E-state index contributed by atoms with van der Waals surface area (Å²) in [5.41, 5.74) is 4.61. The van der Waals surface area contributed by atoms with Gasteiger partial charge in [-0.1, -0.05) is 0 Å². The van der Waals surface area contributed by atoms with Crippen LogP contribution in [0.3, 0.4) is 0 Å². The van der Waals surface area contributed by atoms with Crippen molar-refractivity contribution in [3.8, 4) is 0 Å². The van der Waals surface area contributed by atoms with Gasteiger partial charge in [0.15, 0.2) is 23.3 Å². The molecule has 2 nitrogen and oxygen atoms in total. The van der Waals surface area contributed by atoms with E-state index >= 15 is 0 Å². The van der Waals surface area contributed by atoms with E-state index in [1.807, 2.05) is 22.6 Å². The summed E-state index contributed by atoms with van der Waals surface area (Å²) in [7, 11) is 0. The average Bonchev–Trinajstić information content (AvgIpc) is 2.41. The Morgan fingerprint density at radius 2 is 1.35 bits per heavy atom. The number of benzene rings is 2. The van der Waals surface area contributed by atoms with Crippen LogP contribution in [0.15, 0.2) is 18.2 Å². The molecule has 0 aliphatic carbocycles. The number of nitrogen functional groups attached to an aromatic ring is 1. The van der Waals surface area contributed by atoms with Crippen LogP contribution in [0.4, 0.5) is 39.0 Å². The van der Waals surface area contributed by atoms with Gasteiger partial charge in [0.2, 0.25) is 5.82 Å². The SMILES string of the molecule is Nc1cc(I)ccc1Nc1c(F)c(F)c(F)c(F)c1F. The molecule has 0 aliphatic heterocycles. The minimum atomic E-state index is -2.21. The molecule has 20 heavy (non-hydrogen) atoms. The van der Waals surface area contributed by atoms with Gasteiger partial charge in [0, 0.05) is 3.57 Å². The molecule has 0 amide bonds. The van der Waals surface area contributed by atoms with Gasteiger partial charge < -0.3 is 11.1 Å². The molecule has 0 aromatic heterocycles. The fourth-order valence-corrected chi connectivity index (χ4v) is 2.01. The van der Waals surface area contributed by atoms with Crippen molar-refractivity contribution in [2.75, 3.05) is 11.1 Å². The van der Waals surface area contributed by atoms with Crippen molar-refractivity contribution >= 4 is 39.7 Å². The van der Waals surface area contributed by atoms with Gasteiger partial charge in [-0.3, -0.25) is 0 Å². The van der Waals surface area contributed by atoms with Crippen LogP contribution < -0.4 is 11.1 Å². The van der Waals surface area contributed by atoms with Crippen LogP contribution in [-0.4, -0.2) is 0 Å². The summed E-state index contributed by atoms with van der Waals surface area (Å²) in [5, 5.41) is 2.12. The summed E-state index contributed by atoms with van der Waals surface area (Å²) in [6.07, 6.45) is 0. The smallest absolute Gasteiger partial charge is 0.200 e. The summed E-state index contributed by atoms with van der Waals surface area (Å²) in [6, 6.07) is 4.41. The Balaban J connectivity index is 2.54. The summed E-state index contributed by atoms with van der Waals surface area (Å²) < 4.78 is 66.7. The molecule has 0 saturated carbocycles. The van der Waals surface area contributed by atoms with Crippen molar-refractivity contribution < 1.29 is 22.0 Å². The zero-order chi connectivity index (χ0) is 15.0. The van der Waals surface area contributed by atoms with Gasteiger partial charge in [0.25, 0.3) is 0 Å². The largest absolute Gasteiger partial charge is 0.397 e. The quantitative estimate of drug-likeness (QED) is 0.259. The highest BCUT2D eigenvalue weighted by molar-refractivity contribution is 14.1. The Morgan fingerprint density at radius 1 is 0.850 bits per heavy atom. The Morgan fingerprint density at radius 3 is 1.85 bits per heavy atom. The molecule has 0 fully saturated rings. The van der Waals surface area contributed by atoms with E-state index in [1.165, 1.54) is 12.1 Å². The molecule has 0 heterocycles. The van der Waals surface area contributed by atoms with Crippen molar-refractivity contribution in [3.63, 3.8) is 0 Å². The lowest BCUT2D eigenvalue weighted by molar-refractivity contribution is 0.382. The normalized spacial score (nSPS) is 10.7. The molecule has 2 rings (SSSR count). The van der Waals surface area contributed by atoms with Crippen molar-refractivity contribution in [2.24, 2.45) is 0 Å². The number of nitrogens with one attached hydrogen (secondary N) is 1. The minimum absolute atomic E-state index is 0.0358. The molecule has 3 N–H and O–H groups in total. The first-order chi connectivity index (χ1) is 9.32. The van der Waals surface area contributed by atoms with E-state index in [9.17, 15) is 22.0 Å². The van der Waals surface area contributed by atoms with Gasteiger partial charge in [-0.25, -0.2) is 22.0 Å². The van der Waals surface area contributed by atoms with Gasteiger partial charge in [-0.2, -0.15) is 0 Å². The van der Waals surface area contributed by atoms with Gasteiger partial charge in [0.1, 0.15) is 5.69 Å². The second-order valence-corrected chi connectivity index (χ2v) is 5.05. The molecule has 0 aliphatic rings. The minimum Gasteiger partial charge on any atom is -0.397 e. The highest BCUT2D eigenvalue weighted by Gasteiger charge is 2.26. The van der Waals surface area contributed by atoms with Gasteiger partial charge >= 0.3 is 0 Å². The van der Waals surface area contributed by atoms with E-state index in [2.05, 4.69) is 5.32 Å². The highest BCUT2D eigenvalue weighted by atomic mass is 127. The van der Waals surface area contributed by atoms with Gasteiger partial charge in [-0.05, 0) is 40.8 Å². The third kappa shape index (κ3) is 2.51. The van der Waals surface area contributed by atoms with Crippen LogP contribution in [0.1, 0.15) is 0 Å². The van der Waals surface area contributed by atoms with Crippen molar-refractivity contribution in [3.05, 3.63) is 50.9 Å². The summed E-state index contributed by atoms with van der Waals surface area (Å²) in [5.74, 6) is -10.1. The standard InChI is InChI=1S/C12H6F5IN2/c13-7-8(14)10(16)12(11(17)9(7)15)20-6-2-1-4(18)3-5(6)19/h1-3,20H,19H2. The molecule has 2 aromatic carbocycles. The Kier molecular flexibility index (Phi) is 4.02. The van der Waals surface area contributed by atoms with Crippen LogP contribution in [0, 0.1) is 32.7 Å². The summed E-state index contributed by atoms with van der Waals surface area (Å²) in [4.78, 5) is 0. The maximum absolute atomic E-state index is 13.5. The molecule has 0 spiro atoms. The molecule has 106 valence electrons. The number of anilines is 3. The van der Waals surface area contributed by atoms with E-state index in [4.69, 9.17) is 5.73 Å². The lowest BCUT2D eigenvalue weighted by Gasteiger charge is -2.12. The Bertz CT molecular complexity index is 661. The van der Waals surface area contributed by atoms with E-state index < -0.39 is 34.8 Å². The fourth-order valence-electron chi connectivity index (χ4n) is 1.50. The number of hydrogen-bond acceptors (Lipinski definition) is 2. The van der Waals surface area contributed by atoms with Crippen LogP contribution in [0.25, 0.3) is 0 Å². The lowest BCUT2D eigenvalue weighted by atomic mass is 10.2. The lowest BCUT2D eigenvalue weighted by Crippen LogP contribution is -2.07. The maximum Gasteiger partial charge on any atom is 0.200 e. The first-order valence-electron chi connectivity index (χ1n) is 5.16. The zero-order valence-corrected chi connectivity index (χ0v) is 11.7. The van der Waals surface area contributed by atoms with Gasteiger partial charge in [0.05, 0.1) is 11.4 Å². The molecule has 0 atom stereocenters.